The highest BCUT2D eigenvalue weighted by Gasteiger charge is 2.46. The molecule has 2 fully saturated rings. The number of benzene rings is 1. The number of β-amino-alcohol motifs (C(OH)–C–C–N with tert-alkyl or cyclic N) is 1. The van der Waals surface area contributed by atoms with Gasteiger partial charge in [0.2, 0.25) is 11.8 Å². The Morgan fingerprint density at radius 1 is 1.12 bits per heavy atom. The third-order valence-corrected chi connectivity index (χ3v) is 5.52. The lowest BCUT2D eigenvalue weighted by Crippen LogP contribution is -2.56. The number of hydrogen-bond donors (Lipinski definition) is 1. The van der Waals surface area contributed by atoms with Gasteiger partial charge in [-0.3, -0.25) is 9.59 Å². The minimum Gasteiger partial charge on any atom is -0.391 e. The van der Waals surface area contributed by atoms with Gasteiger partial charge in [0.15, 0.2) is 0 Å². The summed E-state index contributed by atoms with van der Waals surface area (Å²) in [6, 6.07) is 9.86. The molecule has 2 heterocycles. The van der Waals surface area contributed by atoms with Crippen LogP contribution in [0.15, 0.2) is 43.0 Å². The number of piperidine rings is 2. The van der Waals surface area contributed by atoms with Crippen LogP contribution >= 0.6 is 0 Å². The van der Waals surface area contributed by atoms with Gasteiger partial charge in [0.25, 0.3) is 0 Å². The lowest BCUT2D eigenvalue weighted by atomic mass is 9.71. The molecular formula is C20H26N2O3. The van der Waals surface area contributed by atoms with Crippen molar-refractivity contribution in [3.8, 4) is 0 Å². The number of carbonyl (C=O) groups excluding carboxylic acids is 2. The van der Waals surface area contributed by atoms with E-state index in [0.29, 0.717) is 39.0 Å². The standard InChI is InChI=1S/C20H26N2O3/c1-2-18(24)21-13-10-20(11-14-21,16-7-4-3-5-8-16)19(25)22-12-6-9-17(23)15-22/h2-5,7-8,17,23H,1,6,9-15H2. The first-order valence-electron chi connectivity index (χ1n) is 9.01. The number of carbonyl (C=O) groups is 2. The number of rotatable bonds is 3. The zero-order valence-corrected chi connectivity index (χ0v) is 14.6. The fourth-order valence-corrected chi connectivity index (χ4v) is 4.06. The van der Waals surface area contributed by atoms with E-state index >= 15 is 0 Å². The van der Waals surface area contributed by atoms with E-state index in [1.807, 2.05) is 35.2 Å². The molecule has 2 aliphatic rings. The third kappa shape index (κ3) is 3.47. The second-order valence-electron chi connectivity index (χ2n) is 7.02. The molecule has 5 nitrogen and oxygen atoms in total. The van der Waals surface area contributed by atoms with Gasteiger partial charge in [-0.1, -0.05) is 36.9 Å². The third-order valence-electron chi connectivity index (χ3n) is 5.52. The predicted molar refractivity (Wildman–Crippen MR) is 96.0 cm³/mol. The van der Waals surface area contributed by atoms with Crippen molar-refractivity contribution in [1.82, 2.24) is 9.80 Å². The molecule has 0 aliphatic carbocycles. The molecule has 2 amide bonds. The highest BCUT2D eigenvalue weighted by atomic mass is 16.3. The molecule has 1 aromatic rings. The summed E-state index contributed by atoms with van der Waals surface area (Å²) in [6.45, 7) is 5.74. The van der Waals surface area contributed by atoms with Crippen LogP contribution in [0, 0.1) is 0 Å². The summed E-state index contributed by atoms with van der Waals surface area (Å²) in [7, 11) is 0. The number of amides is 2. The van der Waals surface area contributed by atoms with Gasteiger partial charge in [0.1, 0.15) is 0 Å². The minimum absolute atomic E-state index is 0.0810. The Morgan fingerprint density at radius 3 is 2.40 bits per heavy atom. The molecule has 25 heavy (non-hydrogen) atoms. The second kappa shape index (κ2) is 7.40. The summed E-state index contributed by atoms with van der Waals surface area (Å²) in [5, 5.41) is 9.97. The Kier molecular flexibility index (Phi) is 5.23. The first kappa shape index (κ1) is 17.7. The van der Waals surface area contributed by atoms with Gasteiger partial charge < -0.3 is 14.9 Å². The molecule has 1 atom stereocenters. The fraction of sp³-hybridized carbons (Fsp3) is 0.500. The smallest absolute Gasteiger partial charge is 0.245 e. The Labute approximate surface area is 148 Å². The molecule has 0 aromatic heterocycles. The summed E-state index contributed by atoms with van der Waals surface area (Å²) >= 11 is 0. The normalized spacial score (nSPS) is 23.2. The van der Waals surface area contributed by atoms with E-state index in [9.17, 15) is 14.7 Å². The van der Waals surface area contributed by atoms with Crippen molar-refractivity contribution < 1.29 is 14.7 Å². The summed E-state index contributed by atoms with van der Waals surface area (Å²) in [4.78, 5) is 28.9. The lowest BCUT2D eigenvalue weighted by Gasteiger charge is -2.44. The molecule has 3 rings (SSSR count). The average molecular weight is 342 g/mol. The number of likely N-dealkylation sites (tertiary alicyclic amines) is 2. The first-order chi connectivity index (χ1) is 12.1. The van der Waals surface area contributed by atoms with E-state index in [0.717, 1.165) is 18.4 Å². The Morgan fingerprint density at radius 2 is 1.80 bits per heavy atom. The van der Waals surface area contributed by atoms with Crippen LogP contribution in [0.2, 0.25) is 0 Å². The molecule has 1 aromatic carbocycles. The average Bonchev–Trinajstić information content (AvgIpc) is 2.67. The minimum atomic E-state index is -0.615. The van der Waals surface area contributed by atoms with Gasteiger partial charge in [0, 0.05) is 26.2 Å². The summed E-state index contributed by atoms with van der Waals surface area (Å²) in [5.74, 6) is 0.00524. The van der Waals surface area contributed by atoms with Gasteiger partial charge in [-0.2, -0.15) is 0 Å². The van der Waals surface area contributed by atoms with Gasteiger partial charge in [-0.15, -0.1) is 0 Å². The molecule has 0 spiro atoms. The molecule has 2 aliphatic heterocycles. The number of nitrogens with zero attached hydrogens (tertiary/aromatic N) is 2. The second-order valence-corrected chi connectivity index (χ2v) is 7.02. The highest BCUT2D eigenvalue weighted by molar-refractivity contribution is 5.90. The molecular weight excluding hydrogens is 316 g/mol. The SMILES string of the molecule is C=CC(=O)N1CCC(C(=O)N2CCCC(O)C2)(c2ccccc2)CC1. The first-order valence-corrected chi connectivity index (χ1v) is 9.01. The maximum atomic E-state index is 13.5. The van der Waals surface area contributed by atoms with Crippen molar-refractivity contribution in [2.75, 3.05) is 26.2 Å². The van der Waals surface area contributed by atoms with Crippen LogP contribution in [-0.2, 0) is 15.0 Å². The van der Waals surface area contributed by atoms with Gasteiger partial charge in [-0.25, -0.2) is 0 Å². The van der Waals surface area contributed by atoms with Crippen LogP contribution in [0.1, 0.15) is 31.2 Å². The van der Waals surface area contributed by atoms with Crippen LogP contribution in [0.25, 0.3) is 0 Å². The van der Waals surface area contributed by atoms with E-state index in [1.54, 1.807) is 4.90 Å². The van der Waals surface area contributed by atoms with Crippen LogP contribution in [-0.4, -0.2) is 59.0 Å². The Bertz CT molecular complexity index is 636. The molecule has 1 unspecified atom stereocenters. The molecule has 0 bridgehead atoms. The van der Waals surface area contributed by atoms with Crippen molar-refractivity contribution in [2.24, 2.45) is 0 Å². The van der Waals surface area contributed by atoms with E-state index in [2.05, 4.69) is 6.58 Å². The maximum absolute atomic E-state index is 13.5. The topological polar surface area (TPSA) is 60.9 Å². The van der Waals surface area contributed by atoms with Gasteiger partial charge >= 0.3 is 0 Å². The summed E-state index contributed by atoms with van der Waals surface area (Å²) in [5.41, 5.74) is 0.391. The van der Waals surface area contributed by atoms with Crippen molar-refractivity contribution in [3.05, 3.63) is 48.6 Å². The van der Waals surface area contributed by atoms with Crippen LogP contribution < -0.4 is 0 Å². The van der Waals surface area contributed by atoms with E-state index in [1.165, 1.54) is 6.08 Å². The lowest BCUT2D eigenvalue weighted by molar-refractivity contribution is -0.144. The van der Waals surface area contributed by atoms with Crippen LogP contribution in [0.3, 0.4) is 0 Å². The highest BCUT2D eigenvalue weighted by Crippen LogP contribution is 2.38. The molecule has 0 saturated carbocycles. The molecule has 1 N–H and O–H groups in total. The van der Waals surface area contributed by atoms with Gasteiger partial charge in [0.05, 0.1) is 11.5 Å². The van der Waals surface area contributed by atoms with Crippen LogP contribution in [0.4, 0.5) is 0 Å². The van der Waals surface area contributed by atoms with Crippen molar-refractivity contribution in [1.29, 1.82) is 0 Å². The zero-order valence-electron chi connectivity index (χ0n) is 14.6. The number of aliphatic hydroxyl groups is 1. The zero-order chi connectivity index (χ0) is 17.9. The van der Waals surface area contributed by atoms with Crippen molar-refractivity contribution in [2.45, 2.75) is 37.2 Å². The number of aliphatic hydroxyl groups excluding tert-OH is 1. The summed E-state index contributed by atoms with van der Waals surface area (Å²) < 4.78 is 0. The maximum Gasteiger partial charge on any atom is 0.245 e. The largest absolute Gasteiger partial charge is 0.391 e. The molecule has 5 heteroatoms. The van der Waals surface area contributed by atoms with E-state index in [4.69, 9.17) is 0 Å². The molecule has 134 valence electrons. The molecule has 0 radical (unpaired) electrons. The van der Waals surface area contributed by atoms with Gasteiger partial charge in [-0.05, 0) is 37.3 Å². The quantitative estimate of drug-likeness (QED) is 0.851. The number of hydrogen-bond acceptors (Lipinski definition) is 3. The Hall–Kier alpha value is -2.14. The summed E-state index contributed by atoms with van der Waals surface area (Å²) in [6.07, 6.45) is 3.68. The fourth-order valence-electron chi connectivity index (χ4n) is 4.06. The van der Waals surface area contributed by atoms with E-state index in [-0.39, 0.29) is 11.8 Å². The van der Waals surface area contributed by atoms with Crippen molar-refractivity contribution in [3.63, 3.8) is 0 Å². The predicted octanol–water partition coefficient (Wildman–Crippen LogP) is 1.72. The molecule has 2 saturated heterocycles. The van der Waals surface area contributed by atoms with E-state index < -0.39 is 11.5 Å². The Balaban J connectivity index is 1.87. The van der Waals surface area contributed by atoms with Crippen LogP contribution in [0.5, 0.6) is 0 Å². The van der Waals surface area contributed by atoms with Crippen molar-refractivity contribution >= 4 is 11.8 Å². The monoisotopic (exact) mass is 342 g/mol.